The van der Waals surface area contributed by atoms with Crippen molar-refractivity contribution in [2.75, 3.05) is 0 Å². The number of aliphatic hydroxyl groups is 1. The minimum atomic E-state index is -1.80. The molecular weight excluding hydrogens is 342 g/mol. The number of allylic oxidation sites excluding steroid dienone is 2. The van der Waals surface area contributed by atoms with Crippen LogP contribution in [0.3, 0.4) is 0 Å². The van der Waals surface area contributed by atoms with Crippen LogP contribution in [0.15, 0.2) is 59.2 Å². The molecule has 1 aromatic carbocycles. The van der Waals surface area contributed by atoms with E-state index in [2.05, 4.69) is 16.7 Å². The second-order valence-electron chi connectivity index (χ2n) is 8.01. The normalized spacial score (nSPS) is 29.3. The number of nitrogens with one attached hydrogen (secondary N) is 2. The van der Waals surface area contributed by atoms with Crippen molar-refractivity contribution in [3.05, 3.63) is 64.8 Å². The highest BCUT2D eigenvalue weighted by Crippen LogP contribution is 2.61. The second-order valence-corrected chi connectivity index (χ2v) is 8.01. The van der Waals surface area contributed by atoms with Crippen LogP contribution < -0.4 is 10.6 Å². The van der Waals surface area contributed by atoms with Crippen molar-refractivity contribution < 1.29 is 14.7 Å². The van der Waals surface area contributed by atoms with Crippen LogP contribution in [-0.2, 0) is 4.79 Å². The molecule has 2 atom stereocenters. The van der Waals surface area contributed by atoms with Crippen molar-refractivity contribution in [1.29, 1.82) is 5.26 Å². The molecule has 2 bridgehead atoms. The first-order chi connectivity index (χ1) is 12.7. The summed E-state index contributed by atoms with van der Waals surface area (Å²) in [5.74, 6) is -0.600. The van der Waals surface area contributed by atoms with Crippen LogP contribution >= 0.6 is 0 Å². The van der Waals surface area contributed by atoms with Crippen molar-refractivity contribution in [3.8, 4) is 6.07 Å². The SMILES string of the molecule is CC(C)(C)C1(C2(O)c3ccc(-c4ccccc4)c2c3C#N)NC(=O)NC1=O. The molecule has 1 saturated heterocycles. The van der Waals surface area contributed by atoms with Crippen molar-refractivity contribution in [2.24, 2.45) is 5.41 Å². The van der Waals surface area contributed by atoms with Gasteiger partial charge in [0.15, 0.2) is 11.1 Å². The van der Waals surface area contributed by atoms with Crippen LogP contribution in [0, 0.1) is 16.7 Å². The number of urea groups is 1. The number of hydrogen-bond acceptors (Lipinski definition) is 4. The van der Waals surface area contributed by atoms with E-state index in [1.807, 2.05) is 36.4 Å². The van der Waals surface area contributed by atoms with E-state index in [0.717, 1.165) is 5.56 Å². The predicted octanol–water partition coefficient (Wildman–Crippen LogP) is 2.20. The highest BCUT2D eigenvalue weighted by atomic mass is 16.3. The molecule has 0 spiro atoms. The Balaban J connectivity index is 1.98. The Bertz CT molecular complexity index is 1020. The zero-order valence-corrected chi connectivity index (χ0v) is 15.3. The van der Waals surface area contributed by atoms with Gasteiger partial charge in [0.25, 0.3) is 5.91 Å². The third-order valence-corrected chi connectivity index (χ3v) is 5.69. The summed E-state index contributed by atoms with van der Waals surface area (Å²) in [6.45, 7) is 5.34. The van der Waals surface area contributed by atoms with Crippen LogP contribution in [0.5, 0.6) is 0 Å². The van der Waals surface area contributed by atoms with Gasteiger partial charge in [0.1, 0.15) is 0 Å². The number of benzene rings is 1. The zero-order chi connectivity index (χ0) is 19.6. The first kappa shape index (κ1) is 17.3. The third kappa shape index (κ3) is 1.87. The molecule has 3 N–H and O–H groups in total. The van der Waals surface area contributed by atoms with Crippen molar-refractivity contribution in [3.63, 3.8) is 0 Å². The molecular formula is C21H19N3O3. The summed E-state index contributed by atoms with van der Waals surface area (Å²) >= 11 is 0. The average molecular weight is 361 g/mol. The van der Waals surface area contributed by atoms with E-state index in [4.69, 9.17) is 0 Å². The van der Waals surface area contributed by atoms with Gasteiger partial charge in [-0.1, -0.05) is 63.3 Å². The van der Waals surface area contributed by atoms with Gasteiger partial charge in [-0.3, -0.25) is 10.1 Å². The fraction of sp³-hybridized carbons (Fsp3) is 0.286. The van der Waals surface area contributed by atoms with Gasteiger partial charge in [0.05, 0.1) is 11.6 Å². The molecule has 1 fully saturated rings. The number of nitrogens with zero attached hydrogens (tertiary/aromatic N) is 1. The molecule has 1 aliphatic heterocycles. The molecule has 6 nitrogen and oxygen atoms in total. The van der Waals surface area contributed by atoms with Crippen LogP contribution in [0.25, 0.3) is 5.57 Å². The maximum Gasteiger partial charge on any atom is 0.322 e. The maximum absolute atomic E-state index is 13.0. The van der Waals surface area contributed by atoms with Gasteiger partial charge in [0.2, 0.25) is 0 Å². The van der Waals surface area contributed by atoms with Crippen LogP contribution in [0.2, 0.25) is 0 Å². The molecule has 4 rings (SSSR count). The van der Waals surface area contributed by atoms with Gasteiger partial charge in [-0.2, -0.15) is 5.26 Å². The Morgan fingerprint density at radius 2 is 1.78 bits per heavy atom. The van der Waals surface area contributed by atoms with Gasteiger partial charge in [-0.05, 0) is 16.6 Å². The first-order valence-electron chi connectivity index (χ1n) is 8.68. The summed E-state index contributed by atoms with van der Waals surface area (Å²) in [6, 6.07) is 10.8. The minimum Gasteiger partial charge on any atom is -0.377 e. The fourth-order valence-corrected chi connectivity index (χ4v) is 4.50. The Morgan fingerprint density at radius 3 is 2.30 bits per heavy atom. The fourth-order valence-electron chi connectivity index (χ4n) is 4.50. The third-order valence-electron chi connectivity index (χ3n) is 5.69. The quantitative estimate of drug-likeness (QED) is 0.703. The molecule has 2 unspecified atom stereocenters. The van der Waals surface area contributed by atoms with Gasteiger partial charge < -0.3 is 10.4 Å². The highest BCUT2D eigenvalue weighted by molar-refractivity contribution is 6.12. The summed E-state index contributed by atoms with van der Waals surface area (Å²) in [7, 11) is 0. The number of imide groups is 1. The zero-order valence-electron chi connectivity index (χ0n) is 15.3. The molecule has 3 aliphatic rings. The van der Waals surface area contributed by atoms with Gasteiger partial charge in [0, 0.05) is 11.1 Å². The number of hydrogen-bond donors (Lipinski definition) is 3. The summed E-state index contributed by atoms with van der Waals surface area (Å²) < 4.78 is 0. The largest absolute Gasteiger partial charge is 0.377 e. The van der Waals surface area contributed by atoms with Crippen molar-refractivity contribution >= 4 is 17.5 Å². The van der Waals surface area contributed by atoms with E-state index in [-0.39, 0.29) is 0 Å². The smallest absolute Gasteiger partial charge is 0.322 e. The Labute approximate surface area is 156 Å². The Morgan fingerprint density at radius 1 is 1.11 bits per heavy atom. The number of amides is 3. The van der Waals surface area contributed by atoms with E-state index in [0.29, 0.717) is 22.3 Å². The number of rotatable bonds is 2. The molecule has 0 saturated carbocycles. The summed E-state index contributed by atoms with van der Waals surface area (Å²) in [4.78, 5) is 25.0. The van der Waals surface area contributed by atoms with E-state index in [1.165, 1.54) is 0 Å². The van der Waals surface area contributed by atoms with E-state index < -0.39 is 28.5 Å². The lowest BCUT2D eigenvalue weighted by Gasteiger charge is -2.57. The highest BCUT2D eigenvalue weighted by Gasteiger charge is 2.73. The van der Waals surface area contributed by atoms with E-state index >= 15 is 0 Å². The second kappa shape index (κ2) is 5.18. The maximum atomic E-state index is 13.0. The number of fused-ring (bicyclic) bond motifs is 2. The molecule has 1 aromatic rings. The molecule has 3 amide bonds. The molecule has 2 aliphatic carbocycles. The van der Waals surface area contributed by atoms with Crippen LogP contribution in [-0.4, -0.2) is 28.2 Å². The van der Waals surface area contributed by atoms with Crippen molar-refractivity contribution in [1.82, 2.24) is 10.6 Å². The van der Waals surface area contributed by atoms with Gasteiger partial charge >= 0.3 is 6.03 Å². The molecule has 136 valence electrons. The minimum absolute atomic E-state index is 0.344. The van der Waals surface area contributed by atoms with E-state index in [9.17, 15) is 20.0 Å². The van der Waals surface area contributed by atoms with Crippen LogP contribution in [0.1, 0.15) is 26.3 Å². The lowest BCUT2D eigenvalue weighted by Crippen LogP contribution is -2.75. The molecule has 0 aromatic heterocycles. The number of carbonyl (C=O) groups excluding carboxylic acids is 2. The number of nitriles is 1. The van der Waals surface area contributed by atoms with Crippen LogP contribution in [0.4, 0.5) is 4.79 Å². The Hall–Kier alpha value is -3.17. The summed E-state index contributed by atoms with van der Waals surface area (Å²) in [5, 5.41) is 26.5. The lowest BCUT2D eigenvalue weighted by atomic mass is 9.49. The average Bonchev–Trinajstić information content (AvgIpc) is 2.96. The molecule has 0 radical (unpaired) electrons. The first-order valence-corrected chi connectivity index (χ1v) is 8.68. The Kier molecular flexibility index (Phi) is 3.31. The molecule has 27 heavy (non-hydrogen) atoms. The summed E-state index contributed by atoms with van der Waals surface area (Å²) in [5.41, 5.74) is -1.70. The van der Waals surface area contributed by atoms with Gasteiger partial charge in [-0.15, -0.1) is 0 Å². The lowest BCUT2D eigenvalue weighted by molar-refractivity contribution is -0.139. The summed E-state index contributed by atoms with van der Waals surface area (Å²) in [6.07, 6.45) is 3.50. The van der Waals surface area contributed by atoms with Gasteiger partial charge in [-0.25, -0.2) is 4.79 Å². The monoisotopic (exact) mass is 361 g/mol. The van der Waals surface area contributed by atoms with E-state index in [1.54, 1.807) is 26.8 Å². The standard InChI is InChI=1S/C21H19N3O3/c1-19(2,3)21(17(25)23-18(26)24-21)20(27)15-10-9-13(16(20)14(15)11-22)12-7-5-4-6-8-12/h4-10,27H,1-3H3,(H2,23,24,25,26). The predicted molar refractivity (Wildman–Crippen MR) is 99.0 cm³/mol. The van der Waals surface area contributed by atoms with Crippen molar-refractivity contribution in [2.45, 2.75) is 31.9 Å². The molecule has 6 heteroatoms. The molecule has 1 heterocycles. The topological polar surface area (TPSA) is 102 Å². The number of carbonyl (C=O) groups is 2.